The Bertz CT molecular complexity index is 539. The molecule has 0 spiro atoms. The summed E-state index contributed by atoms with van der Waals surface area (Å²) in [5, 5.41) is 5.60. The third-order valence-electron chi connectivity index (χ3n) is 2.72. The molecule has 0 radical (unpaired) electrons. The Morgan fingerprint density at radius 1 is 1.16 bits per heavy atom. The smallest absolute Gasteiger partial charge is 0.319 e. The third kappa shape index (κ3) is 3.70. The highest BCUT2D eigenvalue weighted by molar-refractivity contribution is 5.89. The molecule has 1 aromatic heterocycles. The van der Waals surface area contributed by atoms with Gasteiger partial charge in [0.25, 0.3) is 0 Å². The van der Waals surface area contributed by atoms with Gasteiger partial charge in [-0.25, -0.2) is 4.79 Å². The molecular formula is C14H16N4O. The lowest BCUT2D eigenvalue weighted by Crippen LogP contribution is -2.31. The fourth-order valence-corrected chi connectivity index (χ4v) is 1.67. The van der Waals surface area contributed by atoms with Crippen molar-refractivity contribution in [2.75, 3.05) is 11.1 Å². The first-order valence-electron chi connectivity index (χ1n) is 5.98. The van der Waals surface area contributed by atoms with Crippen LogP contribution in [0.4, 0.5) is 16.2 Å². The molecule has 5 nitrogen and oxygen atoms in total. The normalized spacial score (nSPS) is 11.6. The number of hydrogen-bond acceptors (Lipinski definition) is 3. The van der Waals surface area contributed by atoms with E-state index in [-0.39, 0.29) is 12.1 Å². The van der Waals surface area contributed by atoms with Crippen LogP contribution in [0.2, 0.25) is 0 Å². The van der Waals surface area contributed by atoms with Crippen LogP contribution >= 0.6 is 0 Å². The lowest BCUT2D eigenvalue weighted by molar-refractivity contribution is 0.249. The predicted molar refractivity (Wildman–Crippen MR) is 75.7 cm³/mol. The van der Waals surface area contributed by atoms with Crippen LogP contribution in [0.5, 0.6) is 0 Å². The van der Waals surface area contributed by atoms with Gasteiger partial charge in [-0.2, -0.15) is 0 Å². The molecule has 1 aromatic carbocycles. The molecule has 0 fully saturated rings. The van der Waals surface area contributed by atoms with Crippen LogP contribution < -0.4 is 16.4 Å². The standard InChI is InChI=1S/C14H16N4O/c1-10(11-6-8-16-9-7-11)17-14(19)18-13-4-2-12(15)3-5-13/h2-10H,15H2,1H3,(H2,17,18,19). The topological polar surface area (TPSA) is 80.0 Å². The molecule has 0 saturated carbocycles. The van der Waals surface area contributed by atoms with E-state index in [1.165, 1.54) is 0 Å². The van der Waals surface area contributed by atoms with Crippen molar-refractivity contribution in [3.8, 4) is 0 Å². The Kier molecular flexibility index (Phi) is 3.97. The zero-order valence-electron chi connectivity index (χ0n) is 10.6. The van der Waals surface area contributed by atoms with Gasteiger partial charge in [-0.15, -0.1) is 0 Å². The number of carbonyl (C=O) groups excluding carboxylic acids is 1. The summed E-state index contributed by atoms with van der Waals surface area (Å²) in [6.07, 6.45) is 3.40. The van der Waals surface area contributed by atoms with E-state index >= 15 is 0 Å². The molecule has 0 aliphatic heterocycles. The van der Waals surface area contributed by atoms with Gasteiger partial charge in [-0.3, -0.25) is 4.98 Å². The summed E-state index contributed by atoms with van der Waals surface area (Å²) in [5.41, 5.74) is 7.95. The monoisotopic (exact) mass is 256 g/mol. The number of nitrogen functional groups attached to an aromatic ring is 1. The third-order valence-corrected chi connectivity index (χ3v) is 2.72. The summed E-state index contributed by atoms with van der Waals surface area (Å²) in [6.45, 7) is 1.91. The SMILES string of the molecule is CC(NC(=O)Nc1ccc(N)cc1)c1ccncc1. The fraction of sp³-hybridized carbons (Fsp3) is 0.143. The van der Waals surface area contributed by atoms with E-state index in [1.54, 1.807) is 36.7 Å². The number of amides is 2. The minimum absolute atomic E-state index is 0.0863. The summed E-state index contributed by atoms with van der Waals surface area (Å²) < 4.78 is 0. The molecule has 2 rings (SSSR count). The highest BCUT2D eigenvalue weighted by atomic mass is 16.2. The number of nitrogens with one attached hydrogen (secondary N) is 2. The molecule has 5 heteroatoms. The van der Waals surface area contributed by atoms with Crippen molar-refractivity contribution in [2.24, 2.45) is 0 Å². The van der Waals surface area contributed by atoms with Gasteiger partial charge in [0.15, 0.2) is 0 Å². The Hall–Kier alpha value is -2.56. The van der Waals surface area contributed by atoms with E-state index in [9.17, 15) is 4.79 Å². The van der Waals surface area contributed by atoms with Crippen LogP contribution in [0, 0.1) is 0 Å². The average Bonchev–Trinajstić information content (AvgIpc) is 2.42. The molecule has 1 heterocycles. The van der Waals surface area contributed by atoms with Gasteiger partial charge in [0, 0.05) is 23.8 Å². The number of urea groups is 1. The number of hydrogen-bond donors (Lipinski definition) is 3. The average molecular weight is 256 g/mol. The van der Waals surface area contributed by atoms with Gasteiger partial charge in [0.2, 0.25) is 0 Å². The molecule has 1 atom stereocenters. The largest absolute Gasteiger partial charge is 0.399 e. The van der Waals surface area contributed by atoms with Gasteiger partial charge in [0.1, 0.15) is 0 Å². The second-order valence-electron chi connectivity index (χ2n) is 4.22. The van der Waals surface area contributed by atoms with Crippen LogP contribution in [0.1, 0.15) is 18.5 Å². The number of nitrogens with zero attached hydrogens (tertiary/aromatic N) is 1. The van der Waals surface area contributed by atoms with E-state index < -0.39 is 0 Å². The van der Waals surface area contributed by atoms with Crippen LogP contribution in [0.25, 0.3) is 0 Å². The van der Waals surface area contributed by atoms with Crippen LogP contribution in [-0.4, -0.2) is 11.0 Å². The molecule has 2 amide bonds. The number of aromatic nitrogens is 1. The van der Waals surface area contributed by atoms with E-state index in [1.807, 2.05) is 19.1 Å². The highest BCUT2D eigenvalue weighted by Crippen LogP contribution is 2.12. The minimum atomic E-state index is -0.255. The first kappa shape index (κ1) is 12.9. The van der Waals surface area contributed by atoms with Crippen molar-refractivity contribution in [3.05, 3.63) is 54.4 Å². The number of anilines is 2. The summed E-state index contributed by atoms with van der Waals surface area (Å²) in [4.78, 5) is 15.8. The van der Waals surface area contributed by atoms with Crippen molar-refractivity contribution in [2.45, 2.75) is 13.0 Å². The number of pyridine rings is 1. The summed E-state index contributed by atoms with van der Waals surface area (Å²) in [7, 11) is 0. The van der Waals surface area contributed by atoms with Crippen LogP contribution in [0.15, 0.2) is 48.8 Å². The van der Waals surface area contributed by atoms with Gasteiger partial charge in [-0.1, -0.05) is 0 Å². The molecule has 98 valence electrons. The van der Waals surface area contributed by atoms with Gasteiger partial charge in [-0.05, 0) is 48.9 Å². The summed E-state index contributed by atoms with van der Waals surface area (Å²) in [5.74, 6) is 0. The highest BCUT2D eigenvalue weighted by Gasteiger charge is 2.08. The Morgan fingerprint density at radius 3 is 2.42 bits per heavy atom. The van der Waals surface area contributed by atoms with Crippen LogP contribution in [0.3, 0.4) is 0 Å². The lowest BCUT2D eigenvalue weighted by Gasteiger charge is -2.14. The van der Waals surface area contributed by atoms with Crippen molar-refractivity contribution in [1.29, 1.82) is 0 Å². The molecule has 1 unspecified atom stereocenters. The van der Waals surface area contributed by atoms with Gasteiger partial charge in [0.05, 0.1) is 6.04 Å². The van der Waals surface area contributed by atoms with E-state index in [2.05, 4.69) is 15.6 Å². The van der Waals surface area contributed by atoms with Crippen molar-refractivity contribution in [1.82, 2.24) is 10.3 Å². The van der Waals surface area contributed by atoms with Crippen molar-refractivity contribution in [3.63, 3.8) is 0 Å². The number of benzene rings is 1. The minimum Gasteiger partial charge on any atom is -0.399 e. The Balaban J connectivity index is 1.93. The molecular weight excluding hydrogens is 240 g/mol. The first-order chi connectivity index (χ1) is 9.15. The second-order valence-corrected chi connectivity index (χ2v) is 4.22. The second kappa shape index (κ2) is 5.86. The molecule has 2 aromatic rings. The van der Waals surface area contributed by atoms with E-state index in [0.717, 1.165) is 5.56 Å². The summed E-state index contributed by atoms with van der Waals surface area (Å²) in [6, 6.07) is 10.4. The molecule has 4 N–H and O–H groups in total. The molecule has 0 saturated heterocycles. The maximum absolute atomic E-state index is 11.8. The molecule has 19 heavy (non-hydrogen) atoms. The van der Waals surface area contributed by atoms with E-state index in [0.29, 0.717) is 11.4 Å². The van der Waals surface area contributed by atoms with Crippen molar-refractivity contribution >= 4 is 17.4 Å². The first-order valence-corrected chi connectivity index (χ1v) is 5.98. The van der Waals surface area contributed by atoms with Gasteiger partial charge < -0.3 is 16.4 Å². The Labute approximate surface area is 111 Å². The zero-order chi connectivity index (χ0) is 13.7. The molecule has 0 aliphatic carbocycles. The quantitative estimate of drug-likeness (QED) is 0.738. The zero-order valence-corrected chi connectivity index (χ0v) is 10.6. The fourth-order valence-electron chi connectivity index (χ4n) is 1.67. The lowest BCUT2D eigenvalue weighted by atomic mass is 10.1. The number of carbonyl (C=O) groups is 1. The summed E-state index contributed by atoms with van der Waals surface area (Å²) >= 11 is 0. The van der Waals surface area contributed by atoms with Gasteiger partial charge >= 0.3 is 6.03 Å². The van der Waals surface area contributed by atoms with Crippen LogP contribution in [-0.2, 0) is 0 Å². The number of nitrogens with two attached hydrogens (primary N) is 1. The van der Waals surface area contributed by atoms with Crippen molar-refractivity contribution < 1.29 is 4.79 Å². The molecule has 0 aliphatic rings. The maximum atomic E-state index is 11.8. The molecule has 0 bridgehead atoms. The van der Waals surface area contributed by atoms with E-state index in [4.69, 9.17) is 5.73 Å². The predicted octanol–water partition coefficient (Wildman–Crippen LogP) is 2.55. The number of rotatable bonds is 3. The maximum Gasteiger partial charge on any atom is 0.319 e. The Morgan fingerprint density at radius 2 is 1.79 bits per heavy atom.